The van der Waals surface area contributed by atoms with Crippen LogP contribution < -0.4 is 0 Å². The Morgan fingerprint density at radius 1 is 1.13 bits per heavy atom. The highest BCUT2D eigenvalue weighted by Gasteiger charge is 2.34. The van der Waals surface area contributed by atoms with Gasteiger partial charge in [0.1, 0.15) is 0 Å². The minimum Gasteiger partial charge on any atom is -0.383 e. The third kappa shape index (κ3) is 3.30. The molecule has 0 radical (unpaired) electrons. The fraction of sp³-hybridized carbons (Fsp3) is 0.391. The number of ether oxygens (including phenoxy) is 1. The van der Waals surface area contributed by atoms with Crippen molar-refractivity contribution in [2.75, 3.05) is 13.7 Å². The summed E-state index contributed by atoms with van der Waals surface area (Å²) in [6.45, 7) is 1.22. The molecular weight excluding hydrogens is 408 g/mol. The van der Waals surface area contributed by atoms with E-state index in [4.69, 9.17) is 27.0 Å². The van der Waals surface area contributed by atoms with Crippen LogP contribution in [-0.4, -0.2) is 43.2 Å². The Hall–Kier alpha value is -2.84. The molecule has 7 nitrogen and oxygen atoms in total. The van der Waals surface area contributed by atoms with E-state index in [2.05, 4.69) is 28.4 Å². The molecule has 8 heteroatoms. The van der Waals surface area contributed by atoms with Crippen LogP contribution in [0.1, 0.15) is 48.9 Å². The van der Waals surface area contributed by atoms with Crippen molar-refractivity contribution in [3.05, 3.63) is 52.6 Å². The Morgan fingerprint density at radius 3 is 2.61 bits per heavy atom. The van der Waals surface area contributed by atoms with Crippen molar-refractivity contribution in [1.82, 2.24) is 29.5 Å². The molecule has 6 rings (SSSR count). The molecule has 31 heavy (non-hydrogen) atoms. The first kappa shape index (κ1) is 18.9. The molecule has 0 spiro atoms. The van der Waals surface area contributed by atoms with Crippen LogP contribution in [0.4, 0.5) is 0 Å². The number of pyridine rings is 1. The van der Waals surface area contributed by atoms with Gasteiger partial charge in [-0.25, -0.2) is 9.67 Å². The lowest BCUT2D eigenvalue weighted by molar-refractivity contribution is 0.187. The lowest BCUT2D eigenvalue weighted by atomic mass is 10.0. The van der Waals surface area contributed by atoms with Gasteiger partial charge in [0, 0.05) is 30.2 Å². The Kier molecular flexibility index (Phi) is 4.50. The molecule has 158 valence electrons. The summed E-state index contributed by atoms with van der Waals surface area (Å²) in [5, 5.41) is 13.8. The zero-order chi connectivity index (χ0) is 20.9. The molecule has 0 atom stereocenters. The topological polar surface area (TPSA) is 73.5 Å². The molecule has 0 unspecified atom stereocenters. The summed E-state index contributed by atoms with van der Waals surface area (Å²) in [5.74, 6) is 1.83. The highest BCUT2D eigenvalue weighted by molar-refractivity contribution is 7.71. The second kappa shape index (κ2) is 7.39. The minimum atomic E-state index is 0.481. The van der Waals surface area contributed by atoms with Crippen LogP contribution in [-0.2, 0) is 11.3 Å². The Bertz CT molecular complexity index is 1310. The summed E-state index contributed by atoms with van der Waals surface area (Å²) < 4.78 is 9.96. The van der Waals surface area contributed by atoms with Crippen LogP contribution in [0.25, 0.3) is 28.1 Å². The molecule has 0 bridgehead atoms. The molecule has 3 aromatic heterocycles. The predicted molar refractivity (Wildman–Crippen MR) is 121 cm³/mol. The third-order valence-electron chi connectivity index (χ3n) is 6.16. The number of hydrogen-bond acceptors (Lipinski definition) is 5. The largest absolute Gasteiger partial charge is 0.383 e. The van der Waals surface area contributed by atoms with Crippen LogP contribution in [0.5, 0.6) is 0 Å². The van der Waals surface area contributed by atoms with E-state index >= 15 is 0 Å². The van der Waals surface area contributed by atoms with E-state index in [1.165, 1.54) is 25.7 Å². The van der Waals surface area contributed by atoms with E-state index in [1.54, 1.807) is 7.11 Å². The molecule has 4 aromatic rings. The van der Waals surface area contributed by atoms with Crippen molar-refractivity contribution in [2.45, 2.75) is 44.1 Å². The standard InChI is InChI=1S/C23H24N6OS/c1-30-12-11-28-21(25-26-23(28)31)17-13-18(14-7-8-14)24-22-19(17)20(15-9-10-15)27-29(22)16-5-3-2-4-6-16/h2-6,13-15H,7-12H2,1H3,(H,26,31). The van der Waals surface area contributed by atoms with Crippen molar-refractivity contribution < 1.29 is 4.74 Å². The number of aromatic amines is 1. The van der Waals surface area contributed by atoms with E-state index in [0.717, 1.165) is 39.5 Å². The van der Waals surface area contributed by atoms with Gasteiger partial charge in [0.15, 0.2) is 16.2 Å². The number of hydrogen-bond donors (Lipinski definition) is 1. The van der Waals surface area contributed by atoms with Crippen LogP contribution in [0, 0.1) is 4.77 Å². The number of aromatic nitrogens is 6. The summed E-state index contributed by atoms with van der Waals surface area (Å²) >= 11 is 5.54. The number of para-hydroxylation sites is 1. The molecule has 2 fully saturated rings. The molecule has 3 heterocycles. The van der Waals surface area contributed by atoms with Gasteiger partial charge < -0.3 is 4.74 Å². The van der Waals surface area contributed by atoms with Gasteiger partial charge in [-0.1, -0.05) is 18.2 Å². The average molecular weight is 433 g/mol. The Morgan fingerprint density at radius 2 is 1.90 bits per heavy atom. The van der Waals surface area contributed by atoms with Gasteiger partial charge in [-0.3, -0.25) is 9.67 Å². The second-order valence-corrected chi connectivity index (χ2v) is 8.86. The molecule has 2 aliphatic carbocycles. The highest BCUT2D eigenvalue weighted by Crippen LogP contribution is 2.47. The average Bonchev–Trinajstić information content (AvgIpc) is 3.73. The van der Waals surface area contributed by atoms with Gasteiger partial charge in [0.2, 0.25) is 0 Å². The van der Waals surface area contributed by atoms with Crippen molar-refractivity contribution in [2.24, 2.45) is 0 Å². The maximum Gasteiger partial charge on any atom is 0.195 e. The van der Waals surface area contributed by atoms with Crippen LogP contribution in [0.2, 0.25) is 0 Å². The molecule has 0 aliphatic heterocycles. The first-order valence-electron chi connectivity index (χ1n) is 10.9. The Balaban J connectivity index is 1.65. The zero-order valence-corrected chi connectivity index (χ0v) is 18.2. The van der Waals surface area contributed by atoms with Crippen molar-refractivity contribution in [1.29, 1.82) is 0 Å². The second-order valence-electron chi connectivity index (χ2n) is 8.47. The van der Waals surface area contributed by atoms with E-state index in [-0.39, 0.29) is 0 Å². The van der Waals surface area contributed by atoms with Gasteiger partial charge in [0.25, 0.3) is 0 Å². The van der Waals surface area contributed by atoms with E-state index in [0.29, 0.717) is 29.8 Å². The number of H-pyrrole nitrogens is 1. The van der Waals surface area contributed by atoms with Crippen LogP contribution in [0.15, 0.2) is 36.4 Å². The highest BCUT2D eigenvalue weighted by atomic mass is 32.1. The summed E-state index contributed by atoms with van der Waals surface area (Å²) in [6, 6.07) is 12.5. The third-order valence-corrected chi connectivity index (χ3v) is 6.47. The molecule has 2 aliphatic rings. The molecular formula is C23H24N6OS. The SMILES string of the molecule is COCCn1c(-c2cc(C3CC3)nc3c2c(C2CC2)nn3-c2ccccc2)n[nH]c1=S. The van der Waals surface area contributed by atoms with Crippen molar-refractivity contribution in [3.8, 4) is 17.1 Å². The lowest BCUT2D eigenvalue weighted by Crippen LogP contribution is -2.07. The fourth-order valence-corrected chi connectivity index (χ4v) is 4.45. The monoisotopic (exact) mass is 432 g/mol. The van der Waals surface area contributed by atoms with Gasteiger partial charge in [-0.15, -0.1) is 0 Å². The first-order chi connectivity index (χ1) is 15.2. The number of benzene rings is 1. The molecule has 1 N–H and O–H groups in total. The quantitative estimate of drug-likeness (QED) is 0.427. The fourth-order valence-electron chi connectivity index (χ4n) is 4.23. The summed E-state index contributed by atoms with van der Waals surface area (Å²) in [6.07, 6.45) is 4.70. The normalized spacial score (nSPS) is 16.3. The van der Waals surface area contributed by atoms with Gasteiger partial charge in [-0.05, 0) is 56.1 Å². The summed E-state index contributed by atoms with van der Waals surface area (Å²) in [7, 11) is 1.70. The number of fused-ring (bicyclic) bond motifs is 1. The van der Waals surface area contributed by atoms with Crippen LogP contribution in [0.3, 0.4) is 0 Å². The smallest absolute Gasteiger partial charge is 0.195 e. The van der Waals surface area contributed by atoms with E-state index in [9.17, 15) is 0 Å². The molecule has 0 saturated heterocycles. The number of rotatable bonds is 7. The van der Waals surface area contributed by atoms with Crippen molar-refractivity contribution in [3.63, 3.8) is 0 Å². The van der Waals surface area contributed by atoms with E-state index in [1.807, 2.05) is 27.4 Å². The molecule has 2 saturated carbocycles. The van der Waals surface area contributed by atoms with Crippen molar-refractivity contribution >= 4 is 23.3 Å². The van der Waals surface area contributed by atoms with E-state index < -0.39 is 0 Å². The van der Waals surface area contributed by atoms with Crippen LogP contribution >= 0.6 is 12.2 Å². The molecule has 0 amide bonds. The zero-order valence-electron chi connectivity index (χ0n) is 17.4. The van der Waals surface area contributed by atoms with Gasteiger partial charge in [0.05, 0.1) is 29.9 Å². The Labute approximate surface area is 185 Å². The summed E-state index contributed by atoms with van der Waals surface area (Å²) in [5.41, 5.74) is 5.26. The maximum absolute atomic E-state index is 5.54. The summed E-state index contributed by atoms with van der Waals surface area (Å²) in [4.78, 5) is 5.13. The minimum absolute atomic E-state index is 0.481. The maximum atomic E-state index is 5.54. The van der Waals surface area contributed by atoms with Gasteiger partial charge in [-0.2, -0.15) is 10.2 Å². The number of nitrogens with one attached hydrogen (secondary N) is 1. The number of nitrogens with zero attached hydrogens (tertiary/aromatic N) is 5. The molecule has 1 aromatic carbocycles. The number of methoxy groups -OCH3 is 1. The first-order valence-corrected chi connectivity index (χ1v) is 11.3. The lowest BCUT2D eigenvalue weighted by Gasteiger charge is -2.10. The van der Waals surface area contributed by atoms with Gasteiger partial charge >= 0.3 is 0 Å². The predicted octanol–water partition coefficient (Wildman–Crippen LogP) is 4.74.